The predicted octanol–water partition coefficient (Wildman–Crippen LogP) is 3.63. The van der Waals surface area contributed by atoms with Gasteiger partial charge in [-0.15, -0.1) is 0 Å². The maximum absolute atomic E-state index is 12.9. The second-order valence-electron chi connectivity index (χ2n) is 7.49. The highest BCUT2D eigenvalue weighted by atomic mass is 32.2. The fourth-order valence-electron chi connectivity index (χ4n) is 4.66. The Morgan fingerprint density at radius 2 is 1.78 bits per heavy atom. The van der Waals surface area contributed by atoms with Crippen molar-refractivity contribution in [3.8, 4) is 0 Å². The predicted molar refractivity (Wildman–Crippen MR) is 108 cm³/mol. The Balaban J connectivity index is 1.40. The van der Waals surface area contributed by atoms with Crippen molar-refractivity contribution < 1.29 is 8.42 Å². The van der Waals surface area contributed by atoms with Gasteiger partial charge < -0.3 is 0 Å². The van der Waals surface area contributed by atoms with Crippen LogP contribution in [-0.4, -0.2) is 43.8 Å². The average Bonchev–Trinajstić information content (AvgIpc) is 3.13. The zero-order valence-corrected chi connectivity index (χ0v) is 16.8. The van der Waals surface area contributed by atoms with Crippen LogP contribution in [0.4, 0.5) is 0 Å². The van der Waals surface area contributed by atoms with Crippen molar-refractivity contribution in [3.63, 3.8) is 0 Å². The van der Waals surface area contributed by atoms with E-state index in [4.69, 9.17) is 0 Å². The molecule has 0 bridgehead atoms. The molecule has 0 fully saturated rings. The lowest BCUT2D eigenvalue weighted by Crippen LogP contribution is -2.38. The summed E-state index contributed by atoms with van der Waals surface area (Å²) >= 11 is 0. The molecule has 0 amide bonds. The lowest BCUT2D eigenvalue weighted by molar-refractivity contribution is 0.179. The molecule has 2 aromatic rings. The molecule has 1 aliphatic heterocycles. The number of aryl methyl sites for hydroxylation is 1. The standard InChI is InChI=1S/C22H28N2O2S/c1-2-24(27(25,26)20-10-4-3-5-11-20)16-7-15-23-17-14-19-9-6-8-18-12-13-21(23)22(18)19/h3-6,8-11,21H,2,7,12-17H2,1H3. The quantitative estimate of drug-likeness (QED) is 0.732. The van der Waals surface area contributed by atoms with Gasteiger partial charge in [0.2, 0.25) is 10.0 Å². The van der Waals surface area contributed by atoms with Gasteiger partial charge in [-0.2, -0.15) is 4.31 Å². The Hall–Kier alpha value is -1.69. The molecular formula is C22H28N2O2S. The molecule has 4 nitrogen and oxygen atoms in total. The Morgan fingerprint density at radius 3 is 2.52 bits per heavy atom. The van der Waals surface area contributed by atoms with E-state index in [2.05, 4.69) is 23.1 Å². The van der Waals surface area contributed by atoms with Crippen LogP contribution in [0.3, 0.4) is 0 Å². The zero-order valence-electron chi connectivity index (χ0n) is 16.0. The van der Waals surface area contributed by atoms with Crippen LogP contribution in [0.2, 0.25) is 0 Å². The van der Waals surface area contributed by atoms with Gasteiger partial charge in [-0.3, -0.25) is 4.90 Å². The highest BCUT2D eigenvalue weighted by Crippen LogP contribution is 2.41. The zero-order chi connectivity index (χ0) is 18.9. The number of sulfonamides is 1. The number of nitrogens with zero attached hydrogens (tertiary/aromatic N) is 2. The number of rotatable bonds is 7. The van der Waals surface area contributed by atoms with Gasteiger partial charge in [0.1, 0.15) is 0 Å². The van der Waals surface area contributed by atoms with Crippen LogP contribution in [0, 0.1) is 0 Å². The first-order valence-corrected chi connectivity index (χ1v) is 11.4. The summed E-state index contributed by atoms with van der Waals surface area (Å²) in [6.07, 6.45) is 4.35. The minimum Gasteiger partial charge on any atom is -0.296 e. The molecule has 0 saturated heterocycles. The largest absolute Gasteiger partial charge is 0.296 e. The molecule has 1 atom stereocenters. The van der Waals surface area contributed by atoms with E-state index in [0.717, 1.165) is 25.9 Å². The van der Waals surface area contributed by atoms with Gasteiger partial charge in [-0.1, -0.05) is 43.3 Å². The number of hydrogen-bond acceptors (Lipinski definition) is 3. The second-order valence-corrected chi connectivity index (χ2v) is 9.43. The van der Waals surface area contributed by atoms with Crippen molar-refractivity contribution in [1.82, 2.24) is 9.21 Å². The fraction of sp³-hybridized carbons (Fsp3) is 0.455. The average molecular weight is 385 g/mol. The molecule has 5 heteroatoms. The topological polar surface area (TPSA) is 40.6 Å². The van der Waals surface area contributed by atoms with E-state index >= 15 is 0 Å². The summed E-state index contributed by atoms with van der Waals surface area (Å²) in [5, 5.41) is 0. The van der Waals surface area contributed by atoms with Crippen LogP contribution >= 0.6 is 0 Å². The fourth-order valence-corrected chi connectivity index (χ4v) is 6.17. The lowest BCUT2D eigenvalue weighted by Gasteiger charge is -2.35. The normalized spacial score (nSPS) is 19.4. The Bertz CT molecular complexity index is 896. The number of benzene rings is 2. The first kappa shape index (κ1) is 18.7. The van der Waals surface area contributed by atoms with Gasteiger partial charge >= 0.3 is 0 Å². The van der Waals surface area contributed by atoms with Crippen LogP contribution < -0.4 is 0 Å². The monoisotopic (exact) mass is 384 g/mol. The third-order valence-electron chi connectivity index (χ3n) is 6.00. The van der Waals surface area contributed by atoms with Gasteiger partial charge in [0, 0.05) is 32.2 Å². The first-order chi connectivity index (χ1) is 13.1. The van der Waals surface area contributed by atoms with Gasteiger partial charge in [-0.05, 0) is 54.5 Å². The lowest BCUT2D eigenvalue weighted by atomic mass is 9.93. The van der Waals surface area contributed by atoms with Crippen molar-refractivity contribution in [2.75, 3.05) is 26.2 Å². The third kappa shape index (κ3) is 3.56. The summed E-state index contributed by atoms with van der Waals surface area (Å²) in [5.74, 6) is 0. The molecule has 144 valence electrons. The molecular weight excluding hydrogens is 356 g/mol. The highest BCUT2D eigenvalue weighted by molar-refractivity contribution is 7.89. The SMILES string of the molecule is CCN(CCCN1CCc2cccc3c2C1CC3)S(=O)(=O)c1ccccc1. The van der Waals surface area contributed by atoms with E-state index in [1.54, 1.807) is 34.1 Å². The van der Waals surface area contributed by atoms with Gasteiger partial charge in [0.05, 0.1) is 4.90 Å². The highest BCUT2D eigenvalue weighted by Gasteiger charge is 2.33. The minimum atomic E-state index is -3.40. The van der Waals surface area contributed by atoms with Gasteiger partial charge in [0.25, 0.3) is 0 Å². The summed E-state index contributed by atoms with van der Waals surface area (Å²) < 4.78 is 27.3. The van der Waals surface area contributed by atoms with E-state index in [1.165, 1.54) is 24.0 Å². The van der Waals surface area contributed by atoms with E-state index in [0.29, 0.717) is 24.0 Å². The summed E-state index contributed by atoms with van der Waals surface area (Å²) in [5.41, 5.74) is 4.60. The molecule has 2 aliphatic rings. The van der Waals surface area contributed by atoms with Crippen LogP contribution in [0.1, 0.15) is 42.5 Å². The molecule has 2 aromatic carbocycles. The number of hydrogen-bond donors (Lipinski definition) is 0. The van der Waals surface area contributed by atoms with Gasteiger partial charge in [0.15, 0.2) is 0 Å². The van der Waals surface area contributed by atoms with Crippen LogP contribution in [0.25, 0.3) is 0 Å². The molecule has 0 aromatic heterocycles. The molecule has 1 unspecified atom stereocenters. The van der Waals surface area contributed by atoms with Crippen LogP contribution in [0.5, 0.6) is 0 Å². The Morgan fingerprint density at radius 1 is 1.04 bits per heavy atom. The Kier molecular flexibility index (Phi) is 5.35. The third-order valence-corrected chi connectivity index (χ3v) is 7.99. The molecule has 0 spiro atoms. The summed E-state index contributed by atoms with van der Waals surface area (Å²) in [4.78, 5) is 2.96. The smallest absolute Gasteiger partial charge is 0.243 e. The van der Waals surface area contributed by atoms with E-state index in [1.807, 2.05) is 13.0 Å². The Labute approximate surface area is 162 Å². The van der Waals surface area contributed by atoms with Crippen molar-refractivity contribution in [2.24, 2.45) is 0 Å². The molecule has 0 radical (unpaired) electrons. The summed E-state index contributed by atoms with van der Waals surface area (Å²) in [7, 11) is -3.40. The first-order valence-electron chi connectivity index (χ1n) is 10.0. The van der Waals surface area contributed by atoms with E-state index < -0.39 is 10.0 Å². The van der Waals surface area contributed by atoms with Crippen LogP contribution in [0.15, 0.2) is 53.4 Å². The minimum absolute atomic E-state index is 0.388. The molecule has 0 saturated carbocycles. The second kappa shape index (κ2) is 7.74. The summed E-state index contributed by atoms with van der Waals surface area (Å²) in [6, 6.07) is 16.0. The molecule has 1 heterocycles. The maximum atomic E-state index is 12.9. The molecule has 0 N–H and O–H groups in total. The van der Waals surface area contributed by atoms with E-state index in [9.17, 15) is 8.42 Å². The van der Waals surface area contributed by atoms with E-state index in [-0.39, 0.29) is 0 Å². The van der Waals surface area contributed by atoms with Crippen LogP contribution in [-0.2, 0) is 22.9 Å². The van der Waals surface area contributed by atoms with Crippen molar-refractivity contribution >= 4 is 10.0 Å². The molecule has 27 heavy (non-hydrogen) atoms. The van der Waals surface area contributed by atoms with Crippen molar-refractivity contribution in [3.05, 3.63) is 65.2 Å². The molecule has 4 rings (SSSR count). The van der Waals surface area contributed by atoms with Crippen molar-refractivity contribution in [2.45, 2.75) is 43.5 Å². The maximum Gasteiger partial charge on any atom is 0.243 e. The van der Waals surface area contributed by atoms with Gasteiger partial charge in [-0.25, -0.2) is 8.42 Å². The molecule has 1 aliphatic carbocycles. The van der Waals surface area contributed by atoms with Crippen molar-refractivity contribution in [1.29, 1.82) is 0 Å². The summed E-state index contributed by atoms with van der Waals surface area (Å²) in [6.45, 7) is 5.04.